The predicted octanol–water partition coefficient (Wildman–Crippen LogP) is 2.65. The van der Waals surface area contributed by atoms with Gasteiger partial charge in [-0.2, -0.15) is 5.26 Å². The number of hydrogen-bond donors (Lipinski definition) is 0. The van der Waals surface area contributed by atoms with E-state index in [2.05, 4.69) is 31.7 Å². The molecule has 1 atom stereocenters. The van der Waals surface area contributed by atoms with E-state index in [0.29, 0.717) is 18.4 Å². The molecule has 4 heteroatoms. The van der Waals surface area contributed by atoms with Crippen molar-refractivity contribution in [2.45, 2.75) is 58.9 Å². The van der Waals surface area contributed by atoms with E-state index in [1.807, 2.05) is 4.90 Å². The van der Waals surface area contributed by atoms with Gasteiger partial charge in [-0.05, 0) is 37.6 Å². The fourth-order valence-electron chi connectivity index (χ4n) is 3.49. The first kappa shape index (κ1) is 16.3. The van der Waals surface area contributed by atoms with Crippen molar-refractivity contribution in [3.63, 3.8) is 0 Å². The molecule has 0 aromatic carbocycles. The van der Waals surface area contributed by atoms with Gasteiger partial charge in [0.15, 0.2) is 0 Å². The van der Waals surface area contributed by atoms with Gasteiger partial charge >= 0.3 is 0 Å². The van der Waals surface area contributed by atoms with Gasteiger partial charge in [0.25, 0.3) is 0 Å². The summed E-state index contributed by atoms with van der Waals surface area (Å²) < 4.78 is 0. The van der Waals surface area contributed by atoms with Crippen LogP contribution < -0.4 is 0 Å². The van der Waals surface area contributed by atoms with Crippen LogP contribution in [0.15, 0.2) is 0 Å². The van der Waals surface area contributed by atoms with E-state index in [0.717, 1.165) is 51.9 Å². The summed E-state index contributed by atoms with van der Waals surface area (Å²) in [5.41, 5.74) is 0.0703. The molecule has 118 valence electrons. The Morgan fingerprint density at radius 2 is 1.86 bits per heavy atom. The molecule has 21 heavy (non-hydrogen) atoms. The van der Waals surface area contributed by atoms with Crippen molar-refractivity contribution in [3.05, 3.63) is 0 Å². The maximum atomic E-state index is 12.3. The number of amides is 1. The first-order valence-electron chi connectivity index (χ1n) is 8.30. The van der Waals surface area contributed by atoms with Crippen LogP contribution >= 0.6 is 0 Å². The maximum Gasteiger partial charge on any atom is 0.223 e. The largest absolute Gasteiger partial charge is 0.343 e. The Hall–Kier alpha value is -1.08. The van der Waals surface area contributed by atoms with Crippen LogP contribution in [0.25, 0.3) is 0 Å². The molecule has 1 amide bonds. The maximum absolute atomic E-state index is 12.3. The minimum absolute atomic E-state index is 0.0703. The van der Waals surface area contributed by atoms with Crippen molar-refractivity contribution >= 4 is 5.91 Å². The number of hydrogen-bond acceptors (Lipinski definition) is 3. The third kappa shape index (κ3) is 4.71. The molecule has 0 aliphatic carbocycles. The van der Waals surface area contributed by atoms with E-state index in [1.165, 1.54) is 0 Å². The van der Waals surface area contributed by atoms with Crippen LogP contribution in [0.3, 0.4) is 0 Å². The Balaban J connectivity index is 1.80. The molecule has 0 saturated carbocycles. The highest BCUT2D eigenvalue weighted by molar-refractivity contribution is 5.76. The van der Waals surface area contributed by atoms with Crippen LogP contribution in [0.1, 0.15) is 52.9 Å². The Kier molecular flexibility index (Phi) is 5.27. The summed E-state index contributed by atoms with van der Waals surface area (Å²) in [6, 6.07) is 2.99. The van der Waals surface area contributed by atoms with Crippen molar-refractivity contribution in [2.24, 2.45) is 11.3 Å². The van der Waals surface area contributed by atoms with E-state index < -0.39 is 0 Å². The topological polar surface area (TPSA) is 47.3 Å². The van der Waals surface area contributed by atoms with Crippen LogP contribution in [-0.4, -0.2) is 47.9 Å². The van der Waals surface area contributed by atoms with Gasteiger partial charge in [-0.1, -0.05) is 20.8 Å². The third-order valence-corrected chi connectivity index (χ3v) is 4.65. The lowest BCUT2D eigenvalue weighted by Crippen LogP contribution is -2.49. The standard InChI is InChI=1S/C17H29N3O/c1-17(2,3)11-16(21)19-9-6-15(7-10-19)20-8-4-5-14(12-18)13-20/h14-15H,4-11,13H2,1-3H3/t14-/m1/s1. The molecule has 0 aromatic heterocycles. The highest BCUT2D eigenvalue weighted by Gasteiger charge is 2.31. The fraction of sp³-hybridized carbons (Fsp3) is 0.882. The SMILES string of the molecule is CC(C)(C)CC(=O)N1CCC(N2CCC[C@H](C#N)C2)CC1. The molecule has 4 nitrogen and oxygen atoms in total. The minimum atomic E-state index is 0.0703. The van der Waals surface area contributed by atoms with Crippen molar-refractivity contribution in [2.75, 3.05) is 26.2 Å². The first-order valence-corrected chi connectivity index (χ1v) is 8.30. The second-order valence-electron chi connectivity index (χ2n) is 7.81. The van der Waals surface area contributed by atoms with Gasteiger partial charge in [0.2, 0.25) is 5.91 Å². The summed E-state index contributed by atoms with van der Waals surface area (Å²) in [4.78, 5) is 16.8. The lowest BCUT2D eigenvalue weighted by Gasteiger charge is -2.41. The van der Waals surface area contributed by atoms with Gasteiger partial charge in [0, 0.05) is 32.1 Å². The van der Waals surface area contributed by atoms with Crippen LogP contribution in [-0.2, 0) is 4.79 Å². The molecule has 0 N–H and O–H groups in total. The summed E-state index contributed by atoms with van der Waals surface area (Å²) in [6.45, 7) is 10.2. The summed E-state index contributed by atoms with van der Waals surface area (Å²) in [6.07, 6.45) is 4.96. The van der Waals surface area contributed by atoms with Gasteiger partial charge in [-0.15, -0.1) is 0 Å². The second-order valence-corrected chi connectivity index (χ2v) is 7.81. The molecule has 2 fully saturated rings. The van der Waals surface area contributed by atoms with Gasteiger partial charge in [0.1, 0.15) is 0 Å². The summed E-state index contributed by atoms with van der Waals surface area (Å²) in [5, 5.41) is 9.10. The van der Waals surface area contributed by atoms with E-state index in [9.17, 15) is 4.79 Å². The number of piperidine rings is 2. The Bertz CT molecular complexity index is 399. The highest BCUT2D eigenvalue weighted by Crippen LogP contribution is 2.25. The van der Waals surface area contributed by atoms with Crippen molar-refractivity contribution < 1.29 is 4.79 Å². The Morgan fingerprint density at radius 1 is 1.19 bits per heavy atom. The van der Waals surface area contributed by atoms with Crippen LogP contribution in [0.2, 0.25) is 0 Å². The molecule has 2 aliphatic rings. The smallest absolute Gasteiger partial charge is 0.223 e. The molecular formula is C17H29N3O. The molecule has 0 aromatic rings. The summed E-state index contributed by atoms with van der Waals surface area (Å²) >= 11 is 0. The average molecular weight is 291 g/mol. The molecule has 0 spiro atoms. The molecular weight excluding hydrogens is 262 g/mol. The monoisotopic (exact) mass is 291 g/mol. The zero-order valence-corrected chi connectivity index (χ0v) is 13.8. The van der Waals surface area contributed by atoms with Crippen molar-refractivity contribution in [1.29, 1.82) is 5.26 Å². The summed E-state index contributed by atoms with van der Waals surface area (Å²) in [5.74, 6) is 0.508. The number of nitrogens with zero attached hydrogens (tertiary/aromatic N) is 3. The average Bonchev–Trinajstić information content (AvgIpc) is 2.46. The Labute approximate surface area is 129 Å². The summed E-state index contributed by atoms with van der Waals surface area (Å²) in [7, 11) is 0. The van der Waals surface area contributed by atoms with Gasteiger partial charge in [0.05, 0.1) is 12.0 Å². The number of rotatable bonds is 2. The van der Waals surface area contributed by atoms with E-state index >= 15 is 0 Å². The zero-order chi connectivity index (χ0) is 15.5. The quantitative estimate of drug-likeness (QED) is 0.786. The van der Waals surface area contributed by atoms with E-state index in [4.69, 9.17) is 5.26 Å². The molecule has 2 aliphatic heterocycles. The fourth-order valence-corrected chi connectivity index (χ4v) is 3.49. The van der Waals surface area contributed by atoms with Gasteiger partial charge < -0.3 is 4.90 Å². The third-order valence-electron chi connectivity index (χ3n) is 4.65. The Morgan fingerprint density at radius 3 is 2.43 bits per heavy atom. The number of nitriles is 1. The highest BCUT2D eigenvalue weighted by atomic mass is 16.2. The van der Waals surface area contributed by atoms with E-state index in [1.54, 1.807) is 0 Å². The molecule has 2 rings (SSSR count). The van der Waals surface area contributed by atoms with Crippen LogP contribution in [0.5, 0.6) is 0 Å². The van der Waals surface area contributed by atoms with Crippen molar-refractivity contribution in [1.82, 2.24) is 9.80 Å². The van der Waals surface area contributed by atoms with E-state index in [-0.39, 0.29) is 11.3 Å². The lowest BCUT2D eigenvalue weighted by molar-refractivity contribution is -0.134. The molecule has 2 heterocycles. The molecule has 0 unspecified atom stereocenters. The number of carbonyl (C=O) groups excluding carboxylic acids is 1. The normalized spacial score (nSPS) is 25.6. The zero-order valence-electron chi connectivity index (χ0n) is 13.8. The molecule has 0 radical (unpaired) electrons. The lowest BCUT2D eigenvalue weighted by atomic mass is 9.90. The van der Waals surface area contributed by atoms with Gasteiger partial charge in [-0.25, -0.2) is 0 Å². The van der Waals surface area contributed by atoms with Crippen LogP contribution in [0, 0.1) is 22.7 Å². The van der Waals surface area contributed by atoms with Crippen LogP contribution in [0.4, 0.5) is 0 Å². The molecule has 0 bridgehead atoms. The second kappa shape index (κ2) is 6.79. The number of carbonyl (C=O) groups is 1. The number of likely N-dealkylation sites (tertiary alicyclic amines) is 2. The minimum Gasteiger partial charge on any atom is -0.343 e. The van der Waals surface area contributed by atoms with Crippen molar-refractivity contribution in [3.8, 4) is 6.07 Å². The van der Waals surface area contributed by atoms with Gasteiger partial charge in [-0.3, -0.25) is 9.69 Å². The predicted molar refractivity (Wildman–Crippen MR) is 83.6 cm³/mol. The molecule has 2 saturated heterocycles. The first-order chi connectivity index (χ1) is 9.89.